The molecule has 28 heavy (non-hydrogen) atoms. The molecule has 2 aliphatic rings. The van der Waals surface area contributed by atoms with E-state index in [1.165, 1.54) is 23.1 Å². The van der Waals surface area contributed by atoms with E-state index in [9.17, 15) is 18.0 Å². The average molecular weight is 403 g/mol. The predicted molar refractivity (Wildman–Crippen MR) is 102 cm³/mol. The van der Waals surface area contributed by atoms with Crippen molar-refractivity contribution in [2.75, 3.05) is 18.0 Å². The van der Waals surface area contributed by atoms with Crippen LogP contribution in [0.2, 0.25) is 0 Å². The third-order valence-corrected chi connectivity index (χ3v) is 5.74. The number of primary sulfonamides is 1. The highest BCUT2D eigenvalue weighted by atomic mass is 32.2. The molecule has 0 aromatic heterocycles. The minimum Gasteiger partial charge on any atom is -0.356 e. The number of carbonyl (C=O) groups is 2. The predicted octanol–water partition coefficient (Wildman–Crippen LogP) is 0.769. The van der Waals surface area contributed by atoms with Crippen molar-refractivity contribution in [3.63, 3.8) is 0 Å². The van der Waals surface area contributed by atoms with E-state index >= 15 is 0 Å². The van der Waals surface area contributed by atoms with E-state index in [1.807, 2.05) is 0 Å². The second-order valence-electron chi connectivity index (χ2n) is 6.88. The van der Waals surface area contributed by atoms with Gasteiger partial charge in [-0.05, 0) is 18.2 Å². The molecule has 10 heteroatoms. The number of sulfonamides is 1. The van der Waals surface area contributed by atoms with Gasteiger partial charge < -0.3 is 10.2 Å². The molecular weight excluding hydrogens is 382 g/mol. The van der Waals surface area contributed by atoms with Gasteiger partial charge in [-0.25, -0.2) is 13.6 Å². The molecule has 3 rings (SSSR count). The average Bonchev–Trinajstić information content (AvgIpc) is 3.31. The van der Waals surface area contributed by atoms with Crippen LogP contribution < -0.4 is 15.4 Å². The Balaban J connectivity index is 1.56. The first-order chi connectivity index (χ1) is 13.2. The summed E-state index contributed by atoms with van der Waals surface area (Å²) in [6, 6.07) is 5.80. The van der Waals surface area contributed by atoms with Crippen LogP contribution in [0.4, 0.5) is 5.69 Å². The zero-order valence-corrected chi connectivity index (χ0v) is 16.0. The number of nitrogens with two attached hydrogens (primary N) is 1. The fourth-order valence-corrected chi connectivity index (χ4v) is 3.71. The molecule has 2 heterocycles. The van der Waals surface area contributed by atoms with Crippen molar-refractivity contribution in [2.45, 2.75) is 36.2 Å². The van der Waals surface area contributed by atoms with Crippen LogP contribution in [0.5, 0.6) is 0 Å². The molecule has 1 unspecified atom stereocenters. The van der Waals surface area contributed by atoms with E-state index in [2.05, 4.69) is 21.5 Å². The molecule has 0 aliphatic carbocycles. The highest BCUT2D eigenvalue weighted by Crippen LogP contribution is 2.36. The fraction of sp³-hybridized carbons (Fsp3) is 0.444. The van der Waals surface area contributed by atoms with Crippen LogP contribution in [-0.4, -0.2) is 39.0 Å². The molecule has 0 saturated carbocycles. The molecule has 9 nitrogen and oxygen atoms in total. The number of nitrogens with one attached hydrogen (secondary N) is 1. The van der Waals surface area contributed by atoms with Crippen molar-refractivity contribution in [1.29, 1.82) is 0 Å². The van der Waals surface area contributed by atoms with Crippen LogP contribution in [0.25, 0.3) is 0 Å². The quantitative estimate of drug-likeness (QED) is 0.620. The Morgan fingerprint density at radius 3 is 2.79 bits per heavy atom. The summed E-state index contributed by atoms with van der Waals surface area (Å²) in [5.41, 5.74) is -0.0682. The number of hydrogen-bond donors (Lipinski definition) is 2. The van der Waals surface area contributed by atoms with Crippen LogP contribution in [0.3, 0.4) is 0 Å². The molecule has 1 atom stereocenters. The zero-order chi connectivity index (χ0) is 20.4. The summed E-state index contributed by atoms with van der Waals surface area (Å²) < 4.78 is 23.0. The molecule has 3 N–H and O–H groups in total. The summed E-state index contributed by atoms with van der Waals surface area (Å²) in [4.78, 5) is 26.1. The number of hydrogen-bond acceptors (Lipinski definition) is 6. The molecular formula is C18H21N5O4S. The Morgan fingerprint density at radius 1 is 1.39 bits per heavy atom. The lowest BCUT2D eigenvalue weighted by molar-refractivity contribution is -0.126. The van der Waals surface area contributed by atoms with Crippen molar-refractivity contribution in [3.8, 4) is 12.3 Å². The molecule has 1 aromatic rings. The van der Waals surface area contributed by atoms with Crippen molar-refractivity contribution >= 4 is 27.5 Å². The second-order valence-corrected chi connectivity index (χ2v) is 8.44. The third-order valence-electron chi connectivity index (χ3n) is 4.83. The van der Waals surface area contributed by atoms with Crippen molar-refractivity contribution in [3.05, 3.63) is 24.3 Å². The molecule has 0 radical (unpaired) electrons. The van der Waals surface area contributed by atoms with Gasteiger partial charge in [0.05, 0.1) is 10.8 Å². The van der Waals surface area contributed by atoms with E-state index in [1.54, 1.807) is 6.07 Å². The van der Waals surface area contributed by atoms with Crippen LogP contribution >= 0.6 is 0 Å². The Hall–Kier alpha value is -2.77. The van der Waals surface area contributed by atoms with Crippen molar-refractivity contribution < 1.29 is 18.0 Å². The molecule has 0 bridgehead atoms. The van der Waals surface area contributed by atoms with Gasteiger partial charge in [0.1, 0.15) is 0 Å². The first kappa shape index (κ1) is 20.0. The SMILES string of the molecule is C#CCCC1(CCNC(=O)C2CC(=O)N(c3cccc(S(N)(=O)=O)c3)C2)N=N1. The van der Waals surface area contributed by atoms with Gasteiger partial charge in [0.15, 0.2) is 5.66 Å². The number of nitrogens with zero attached hydrogens (tertiary/aromatic N) is 3. The van der Waals surface area contributed by atoms with Crippen molar-refractivity contribution in [2.24, 2.45) is 21.3 Å². The number of anilines is 1. The Labute approximate surface area is 163 Å². The van der Waals surface area contributed by atoms with Crippen LogP contribution in [0.15, 0.2) is 39.4 Å². The van der Waals surface area contributed by atoms with Gasteiger partial charge in [0.2, 0.25) is 21.8 Å². The highest BCUT2D eigenvalue weighted by molar-refractivity contribution is 7.89. The van der Waals surface area contributed by atoms with E-state index in [0.29, 0.717) is 31.5 Å². The van der Waals surface area contributed by atoms with Gasteiger partial charge in [0.25, 0.3) is 0 Å². The van der Waals surface area contributed by atoms with Crippen LogP contribution in [0.1, 0.15) is 25.7 Å². The Bertz CT molecular complexity index is 960. The van der Waals surface area contributed by atoms with Gasteiger partial charge in [-0.1, -0.05) is 6.07 Å². The van der Waals surface area contributed by atoms with Gasteiger partial charge in [-0.3, -0.25) is 9.59 Å². The summed E-state index contributed by atoms with van der Waals surface area (Å²) >= 11 is 0. The number of benzene rings is 1. The van der Waals surface area contributed by atoms with Gasteiger partial charge in [-0.15, -0.1) is 12.3 Å². The molecule has 2 amide bonds. The second kappa shape index (κ2) is 7.69. The summed E-state index contributed by atoms with van der Waals surface area (Å²) in [7, 11) is -3.88. The van der Waals surface area contributed by atoms with Gasteiger partial charge in [-0.2, -0.15) is 10.2 Å². The first-order valence-electron chi connectivity index (χ1n) is 8.83. The maximum Gasteiger partial charge on any atom is 0.238 e. The monoisotopic (exact) mass is 403 g/mol. The van der Waals surface area contributed by atoms with Gasteiger partial charge >= 0.3 is 0 Å². The smallest absolute Gasteiger partial charge is 0.238 e. The van der Waals surface area contributed by atoms with E-state index < -0.39 is 21.6 Å². The van der Waals surface area contributed by atoms with Crippen LogP contribution in [0, 0.1) is 18.3 Å². The van der Waals surface area contributed by atoms with Crippen LogP contribution in [-0.2, 0) is 19.6 Å². The number of terminal acetylenes is 1. The normalized spacial score (nSPS) is 20.1. The minimum atomic E-state index is -3.88. The largest absolute Gasteiger partial charge is 0.356 e. The lowest BCUT2D eigenvalue weighted by Gasteiger charge is -2.17. The fourth-order valence-electron chi connectivity index (χ4n) is 3.16. The minimum absolute atomic E-state index is 0.0580. The number of carbonyl (C=O) groups excluding carboxylic acids is 2. The summed E-state index contributed by atoms with van der Waals surface area (Å²) in [6.07, 6.45) is 7.11. The Kier molecular flexibility index (Phi) is 5.49. The highest BCUT2D eigenvalue weighted by Gasteiger charge is 2.39. The zero-order valence-electron chi connectivity index (χ0n) is 15.2. The topological polar surface area (TPSA) is 134 Å². The molecule has 2 aliphatic heterocycles. The summed E-state index contributed by atoms with van der Waals surface area (Å²) in [5, 5.41) is 16.0. The molecule has 0 spiro atoms. The maximum absolute atomic E-state index is 12.4. The first-order valence-corrected chi connectivity index (χ1v) is 10.4. The lowest BCUT2D eigenvalue weighted by atomic mass is 10.0. The lowest BCUT2D eigenvalue weighted by Crippen LogP contribution is -2.35. The molecule has 1 aromatic carbocycles. The molecule has 1 saturated heterocycles. The van der Waals surface area contributed by atoms with E-state index in [0.717, 1.165) is 0 Å². The summed E-state index contributed by atoms with van der Waals surface area (Å²) in [5.74, 6) is 1.56. The number of amides is 2. The molecule has 1 fully saturated rings. The van der Waals surface area contributed by atoms with Gasteiger partial charge in [0, 0.05) is 44.5 Å². The maximum atomic E-state index is 12.4. The van der Waals surface area contributed by atoms with E-state index in [-0.39, 0.29) is 29.7 Å². The third kappa shape index (κ3) is 4.55. The standard InChI is InChI=1S/C18H21N5O4S/c1-2-3-7-18(21-22-18)8-9-20-17(25)13-10-16(24)23(12-13)14-5-4-6-15(11-14)28(19,26)27/h1,4-6,11,13H,3,7-10,12H2,(H,20,25)(H2,19,26,27). The van der Waals surface area contributed by atoms with Crippen molar-refractivity contribution in [1.82, 2.24) is 5.32 Å². The molecule has 148 valence electrons. The number of rotatable bonds is 8. The van der Waals surface area contributed by atoms with E-state index in [4.69, 9.17) is 11.6 Å². The Morgan fingerprint density at radius 2 is 2.14 bits per heavy atom. The summed E-state index contributed by atoms with van der Waals surface area (Å²) in [6.45, 7) is 0.567.